The average molecular weight is 824 g/mol. The van der Waals surface area contributed by atoms with E-state index in [0.717, 1.165) is 77.0 Å². The molecule has 10 heteroatoms. The van der Waals surface area contributed by atoms with Crippen LogP contribution in [0.1, 0.15) is 187 Å². The lowest BCUT2D eigenvalue weighted by molar-refractivity contribution is -0.870. The molecule has 0 aromatic rings. The summed E-state index contributed by atoms with van der Waals surface area (Å²) in [6.45, 7) is 4.14. The van der Waals surface area contributed by atoms with Gasteiger partial charge in [-0.1, -0.05) is 152 Å². The molecule has 0 aromatic carbocycles. The van der Waals surface area contributed by atoms with Gasteiger partial charge in [0.05, 0.1) is 27.7 Å². The number of hydrogen-bond acceptors (Lipinski definition) is 8. The van der Waals surface area contributed by atoms with Crippen molar-refractivity contribution in [3.63, 3.8) is 0 Å². The van der Waals surface area contributed by atoms with E-state index in [2.05, 4.69) is 62.5 Å². The fraction of sp³-hybridized carbons (Fsp3) is 0.787. The lowest BCUT2D eigenvalue weighted by Gasteiger charge is -2.28. The number of hydrogen-bond donors (Lipinski definition) is 0. The molecule has 2 unspecified atom stereocenters. The van der Waals surface area contributed by atoms with Gasteiger partial charge in [0.25, 0.3) is 7.82 Å². The maximum absolute atomic E-state index is 12.7. The van der Waals surface area contributed by atoms with E-state index in [0.29, 0.717) is 23.9 Å². The molecule has 0 saturated carbocycles. The maximum atomic E-state index is 12.7. The van der Waals surface area contributed by atoms with Crippen molar-refractivity contribution >= 4 is 19.8 Å². The first-order valence-electron chi connectivity index (χ1n) is 22.8. The maximum Gasteiger partial charge on any atom is 0.306 e. The molecule has 0 aromatic heterocycles. The van der Waals surface area contributed by atoms with Gasteiger partial charge in [0.15, 0.2) is 6.10 Å². The fourth-order valence-corrected chi connectivity index (χ4v) is 6.66. The molecule has 9 nitrogen and oxygen atoms in total. The van der Waals surface area contributed by atoms with Gasteiger partial charge in [-0.3, -0.25) is 14.2 Å². The standard InChI is InChI=1S/C47H86NO8P/c1-6-8-10-12-14-16-18-20-22-23-24-25-26-28-30-32-34-36-38-40-47(50)56-45(44-55-57(51,52)54-42-41-48(3,4)5)43-53-46(49)39-37-35-33-31-29-27-21-19-17-15-13-11-9-7-2/h13-16,19-22,45H,6-12,17-18,23-44H2,1-5H3/b15-13-,16-14-,21-19-,22-20-. The van der Waals surface area contributed by atoms with Crippen molar-refractivity contribution in [2.24, 2.45) is 0 Å². The van der Waals surface area contributed by atoms with E-state index >= 15 is 0 Å². The minimum Gasteiger partial charge on any atom is -0.756 e. The van der Waals surface area contributed by atoms with Crippen LogP contribution in [0.5, 0.6) is 0 Å². The van der Waals surface area contributed by atoms with Crippen LogP contribution in [-0.2, 0) is 32.7 Å². The van der Waals surface area contributed by atoms with Gasteiger partial charge in [-0.15, -0.1) is 0 Å². The van der Waals surface area contributed by atoms with Crippen LogP contribution in [0.4, 0.5) is 0 Å². The van der Waals surface area contributed by atoms with Crippen LogP contribution < -0.4 is 4.89 Å². The first kappa shape index (κ1) is 55.0. The topological polar surface area (TPSA) is 111 Å². The number of phosphoric ester groups is 1. The van der Waals surface area contributed by atoms with Gasteiger partial charge < -0.3 is 27.9 Å². The predicted molar refractivity (Wildman–Crippen MR) is 236 cm³/mol. The van der Waals surface area contributed by atoms with Crippen LogP contribution in [0.25, 0.3) is 0 Å². The number of carbonyl (C=O) groups is 2. The number of unbranched alkanes of at least 4 members (excludes halogenated alkanes) is 19. The second-order valence-corrected chi connectivity index (χ2v) is 17.8. The largest absolute Gasteiger partial charge is 0.756 e. The van der Waals surface area contributed by atoms with Gasteiger partial charge in [-0.05, 0) is 70.6 Å². The summed E-state index contributed by atoms with van der Waals surface area (Å²) in [6.07, 6.45) is 45.6. The Kier molecular flexibility index (Phi) is 38.0. The van der Waals surface area contributed by atoms with Gasteiger partial charge in [-0.25, -0.2) is 0 Å². The van der Waals surface area contributed by atoms with Crippen LogP contribution in [0.3, 0.4) is 0 Å². The van der Waals surface area contributed by atoms with Crippen LogP contribution in [-0.4, -0.2) is 70.0 Å². The fourth-order valence-electron chi connectivity index (χ4n) is 5.94. The summed E-state index contributed by atoms with van der Waals surface area (Å²) < 4.78 is 33.9. The summed E-state index contributed by atoms with van der Waals surface area (Å²) in [4.78, 5) is 37.6. The summed E-state index contributed by atoms with van der Waals surface area (Å²) >= 11 is 0. The number of carbonyl (C=O) groups excluding carboxylic acids is 2. The third-order valence-corrected chi connectivity index (χ3v) is 10.5. The molecule has 57 heavy (non-hydrogen) atoms. The van der Waals surface area contributed by atoms with Gasteiger partial charge in [0.2, 0.25) is 0 Å². The molecule has 0 radical (unpaired) electrons. The molecule has 0 aliphatic rings. The Morgan fingerprint density at radius 3 is 1.44 bits per heavy atom. The van der Waals surface area contributed by atoms with Crippen molar-refractivity contribution in [3.05, 3.63) is 48.6 Å². The third-order valence-electron chi connectivity index (χ3n) is 9.57. The minimum atomic E-state index is -4.63. The van der Waals surface area contributed by atoms with E-state index in [4.69, 9.17) is 18.5 Å². The lowest BCUT2D eigenvalue weighted by Crippen LogP contribution is -2.37. The number of rotatable bonds is 41. The zero-order chi connectivity index (χ0) is 42.1. The molecule has 0 aliphatic heterocycles. The van der Waals surface area contributed by atoms with Crippen molar-refractivity contribution in [1.82, 2.24) is 0 Å². The molecular formula is C47H86NO8P. The summed E-state index contributed by atoms with van der Waals surface area (Å²) in [5.41, 5.74) is 0. The summed E-state index contributed by atoms with van der Waals surface area (Å²) in [5.74, 6) is -0.856. The van der Waals surface area contributed by atoms with Crippen LogP contribution in [0, 0.1) is 0 Å². The third kappa shape index (κ3) is 43.4. The zero-order valence-corrected chi connectivity index (χ0v) is 38.2. The zero-order valence-electron chi connectivity index (χ0n) is 37.3. The minimum absolute atomic E-state index is 0.0353. The number of phosphoric acid groups is 1. The molecule has 0 rings (SSSR count). The van der Waals surface area contributed by atoms with Gasteiger partial charge in [-0.2, -0.15) is 0 Å². The van der Waals surface area contributed by atoms with E-state index in [1.165, 1.54) is 70.6 Å². The molecule has 0 aliphatic carbocycles. The van der Waals surface area contributed by atoms with Crippen LogP contribution in [0.15, 0.2) is 48.6 Å². The van der Waals surface area contributed by atoms with Gasteiger partial charge in [0, 0.05) is 12.8 Å². The summed E-state index contributed by atoms with van der Waals surface area (Å²) in [6, 6.07) is 0. The van der Waals surface area contributed by atoms with E-state index in [9.17, 15) is 19.0 Å². The van der Waals surface area contributed by atoms with Crippen molar-refractivity contribution < 1.29 is 42.1 Å². The van der Waals surface area contributed by atoms with Crippen LogP contribution >= 0.6 is 7.82 Å². The molecule has 0 saturated heterocycles. The van der Waals surface area contributed by atoms with E-state index < -0.39 is 32.5 Å². The molecular weight excluding hydrogens is 737 g/mol. The smallest absolute Gasteiger partial charge is 0.306 e. The number of quaternary nitrogens is 1. The van der Waals surface area contributed by atoms with Gasteiger partial charge >= 0.3 is 11.9 Å². The normalized spacial score (nSPS) is 14.0. The average Bonchev–Trinajstić information content (AvgIpc) is 3.16. The van der Waals surface area contributed by atoms with E-state index in [1.807, 2.05) is 21.1 Å². The Bertz CT molecular complexity index is 1110. The first-order valence-corrected chi connectivity index (χ1v) is 24.3. The summed E-state index contributed by atoms with van der Waals surface area (Å²) in [7, 11) is 1.15. The number of esters is 2. The summed E-state index contributed by atoms with van der Waals surface area (Å²) in [5, 5.41) is 0. The van der Waals surface area contributed by atoms with Crippen molar-refractivity contribution in [2.75, 3.05) is 47.5 Å². The molecule has 0 bridgehead atoms. The Morgan fingerprint density at radius 1 is 0.544 bits per heavy atom. The predicted octanol–water partition coefficient (Wildman–Crippen LogP) is 12.4. The SMILES string of the molecule is CCCC/C=C\C/C=C\CCCCCCCC(=O)OCC(COP(=O)([O-])OCC[N+](C)(C)C)OC(=O)CCCCCCCCCCC/C=C\C/C=C\CCCCC. The number of nitrogens with zero attached hydrogens (tertiary/aromatic N) is 1. The molecule has 0 spiro atoms. The van der Waals surface area contributed by atoms with Crippen molar-refractivity contribution in [1.29, 1.82) is 0 Å². The van der Waals surface area contributed by atoms with Gasteiger partial charge in [0.1, 0.15) is 19.8 Å². The highest BCUT2D eigenvalue weighted by atomic mass is 31.2. The molecule has 2 atom stereocenters. The molecule has 0 fully saturated rings. The molecule has 0 heterocycles. The highest BCUT2D eigenvalue weighted by Gasteiger charge is 2.21. The highest BCUT2D eigenvalue weighted by molar-refractivity contribution is 7.45. The second-order valence-electron chi connectivity index (χ2n) is 16.4. The monoisotopic (exact) mass is 824 g/mol. The number of allylic oxidation sites excluding steroid dienone is 8. The Balaban J connectivity index is 4.35. The Hall–Kier alpha value is -2.03. The lowest BCUT2D eigenvalue weighted by atomic mass is 10.1. The first-order chi connectivity index (χ1) is 27.5. The van der Waals surface area contributed by atoms with Crippen molar-refractivity contribution in [2.45, 2.75) is 193 Å². The quantitative estimate of drug-likeness (QED) is 0.0197. The highest BCUT2D eigenvalue weighted by Crippen LogP contribution is 2.38. The molecule has 0 N–H and O–H groups in total. The Labute approximate surface area is 350 Å². The number of likely N-dealkylation sites (N-methyl/N-ethyl adjacent to an activating group) is 1. The van der Waals surface area contributed by atoms with Crippen LogP contribution in [0.2, 0.25) is 0 Å². The number of ether oxygens (including phenoxy) is 2. The van der Waals surface area contributed by atoms with Crippen molar-refractivity contribution in [3.8, 4) is 0 Å². The second kappa shape index (κ2) is 39.4. The molecule has 332 valence electrons. The Morgan fingerprint density at radius 2 is 0.965 bits per heavy atom. The van der Waals surface area contributed by atoms with E-state index in [-0.39, 0.29) is 26.1 Å². The van der Waals surface area contributed by atoms with E-state index in [1.54, 1.807) is 0 Å². The molecule has 0 amide bonds.